The fourth-order valence-electron chi connectivity index (χ4n) is 3.84. The van der Waals surface area contributed by atoms with Crippen molar-refractivity contribution >= 4 is 16.7 Å². The molecule has 0 spiro atoms. The predicted molar refractivity (Wildman–Crippen MR) is 124 cm³/mol. The number of carbonyl (C=O) groups is 1. The van der Waals surface area contributed by atoms with Gasteiger partial charge in [0.2, 0.25) is 0 Å². The second-order valence-electron chi connectivity index (χ2n) is 7.26. The maximum Gasteiger partial charge on any atom is 0.255 e. The molecule has 0 bridgehead atoms. The van der Waals surface area contributed by atoms with E-state index in [4.69, 9.17) is 9.47 Å². The quantitative estimate of drug-likeness (QED) is 0.457. The summed E-state index contributed by atoms with van der Waals surface area (Å²) in [5.74, 6) is 0.857. The van der Waals surface area contributed by atoms with E-state index in [-0.39, 0.29) is 12.5 Å². The predicted octanol–water partition coefficient (Wildman–Crippen LogP) is 4.38. The van der Waals surface area contributed by atoms with Crippen LogP contribution in [-0.4, -0.2) is 36.8 Å². The maximum atomic E-state index is 13.1. The first-order valence-electron chi connectivity index (χ1n) is 10.2. The van der Waals surface area contributed by atoms with Crippen LogP contribution in [-0.2, 0) is 0 Å². The molecule has 3 aromatic carbocycles. The average molecular weight is 428 g/mol. The van der Waals surface area contributed by atoms with Gasteiger partial charge in [-0.25, -0.2) is 0 Å². The topological polar surface area (TPSA) is 80.7 Å². The van der Waals surface area contributed by atoms with Crippen molar-refractivity contribution in [3.63, 3.8) is 0 Å². The van der Waals surface area contributed by atoms with Gasteiger partial charge in [0.05, 0.1) is 32.4 Å². The SMILES string of the molecule is COc1cc(-c2ccncc2)ccc1C(=O)NC(CO)c1ccc(OC)c2ccccc12. The van der Waals surface area contributed by atoms with Crippen molar-refractivity contribution in [3.05, 3.63) is 90.3 Å². The van der Waals surface area contributed by atoms with E-state index in [1.165, 1.54) is 7.11 Å². The van der Waals surface area contributed by atoms with E-state index < -0.39 is 6.04 Å². The maximum absolute atomic E-state index is 13.1. The largest absolute Gasteiger partial charge is 0.496 e. The second kappa shape index (κ2) is 9.49. The lowest BCUT2D eigenvalue weighted by atomic mass is 9.97. The summed E-state index contributed by atoms with van der Waals surface area (Å²) in [6.45, 7) is -0.251. The Morgan fingerprint density at radius 2 is 1.62 bits per heavy atom. The van der Waals surface area contributed by atoms with Crippen molar-refractivity contribution in [1.82, 2.24) is 10.3 Å². The number of aliphatic hydroxyl groups is 1. The molecule has 0 saturated heterocycles. The molecule has 1 heterocycles. The highest BCUT2D eigenvalue weighted by molar-refractivity contribution is 5.98. The average Bonchev–Trinajstić information content (AvgIpc) is 2.86. The molecule has 6 heteroatoms. The summed E-state index contributed by atoms with van der Waals surface area (Å²) < 4.78 is 10.9. The molecule has 32 heavy (non-hydrogen) atoms. The van der Waals surface area contributed by atoms with Gasteiger partial charge in [0.1, 0.15) is 11.5 Å². The first kappa shape index (κ1) is 21.3. The van der Waals surface area contributed by atoms with Crippen LogP contribution in [0.4, 0.5) is 0 Å². The van der Waals surface area contributed by atoms with Crippen molar-refractivity contribution in [1.29, 1.82) is 0 Å². The summed E-state index contributed by atoms with van der Waals surface area (Å²) in [6.07, 6.45) is 3.43. The zero-order valence-electron chi connectivity index (χ0n) is 17.9. The number of methoxy groups -OCH3 is 2. The van der Waals surface area contributed by atoms with Crippen molar-refractivity contribution in [2.75, 3.05) is 20.8 Å². The molecule has 4 aromatic rings. The van der Waals surface area contributed by atoms with E-state index >= 15 is 0 Å². The van der Waals surface area contributed by atoms with Crippen LogP contribution in [0.15, 0.2) is 79.1 Å². The number of pyridine rings is 1. The highest BCUT2D eigenvalue weighted by atomic mass is 16.5. The summed E-state index contributed by atoms with van der Waals surface area (Å²) in [4.78, 5) is 17.2. The van der Waals surface area contributed by atoms with Crippen LogP contribution in [0.2, 0.25) is 0 Å². The Hall–Kier alpha value is -3.90. The van der Waals surface area contributed by atoms with Gasteiger partial charge in [0, 0.05) is 17.8 Å². The number of hydrogen-bond donors (Lipinski definition) is 2. The van der Waals surface area contributed by atoms with Crippen LogP contribution >= 0.6 is 0 Å². The van der Waals surface area contributed by atoms with Crippen molar-refractivity contribution < 1.29 is 19.4 Å². The van der Waals surface area contributed by atoms with E-state index in [9.17, 15) is 9.90 Å². The molecule has 6 nitrogen and oxygen atoms in total. The number of aromatic nitrogens is 1. The highest BCUT2D eigenvalue weighted by Crippen LogP contribution is 2.32. The van der Waals surface area contributed by atoms with Gasteiger partial charge in [0.15, 0.2) is 0 Å². The molecule has 1 aromatic heterocycles. The number of fused-ring (bicyclic) bond motifs is 1. The van der Waals surface area contributed by atoms with Crippen molar-refractivity contribution in [2.45, 2.75) is 6.04 Å². The molecule has 0 aliphatic rings. The third kappa shape index (κ3) is 4.13. The fourth-order valence-corrected chi connectivity index (χ4v) is 3.84. The molecular weight excluding hydrogens is 404 g/mol. The van der Waals surface area contributed by atoms with Gasteiger partial charge < -0.3 is 19.9 Å². The summed E-state index contributed by atoms with van der Waals surface area (Å²) >= 11 is 0. The number of benzene rings is 3. The molecule has 1 atom stereocenters. The number of amides is 1. The zero-order valence-corrected chi connectivity index (χ0v) is 17.9. The third-order valence-electron chi connectivity index (χ3n) is 5.46. The molecule has 2 N–H and O–H groups in total. The fraction of sp³-hybridized carbons (Fsp3) is 0.154. The summed E-state index contributed by atoms with van der Waals surface area (Å²) in [5, 5.41) is 14.9. The normalized spacial score (nSPS) is 11.7. The lowest BCUT2D eigenvalue weighted by Crippen LogP contribution is -2.31. The molecule has 0 radical (unpaired) electrons. The molecule has 4 rings (SSSR count). The van der Waals surface area contributed by atoms with Gasteiger partial charge >= 0.3 is 0 Å². The summed E-state index contributed by atoms with van der Waals surface area (Å²) in [7, 11) is 3.15. The Labute approximate surface area is 186 Å². The Morgan fingerprint density at radius 3 is 2.31 bits per heavy atom. The monoisotopic (exact) mass is 428 g/mol. The molecule has 1 amide bonds. The van der Waals surface area contributed by atoms with E-state index in [1.807, 2.05) is 60.7 Å². The number of nitrogens with one attached hydrogen (secondary N) is 1. The minimum Gasteiger partial charge on any atom is -0.496 e. The van der Waals surface area contributed by atoms with E-state index in [2.05, 4.69) is 10.3 Å². The zero-order chi connectivity index (χ0) is 22.5. The Bertz CT molecular complexity index is 1240. The van der Waals surface area contributed by atoms with Crippen LogP contribution in [0.1, 0.15) is 22.0 Å². The minimum atomic E-state index is -0.595. The number of ether oxygens (including phenoxy) is 2. The van der Waals surface area contributed by atoms with Crippen LogP contribution in [0.3, 0.4) is 0 Å². The Kier molecular flexibility index (Phi) is 6.33. The summed E-state index contributed by atoms with van der Waals surface area (Å²) in [6, 6.07) is 20.1. The van der Waals surface area contributed by atoms with Gasteiger partial charge in [-0.05, 0) is 52.4 Å². The molecule has 0 fully saturated rings. The minimum absolute atomic E-state index is 0.251. The molecular formula is C26H24N2O4. The highest BCUT2D eigenvalue weighted by Gasteiger charge is 2.21. The lowest BCUT2D eigenvalue weighted by molar-refractivity contribution is 0.0913. The van der Waals surface area contributed by atoms with Crippen molar-refractivity contribution in [3.8, 4) is 22.6 Å². The van der Waals surface area contributed by atoms with Gasteiger partial charge in [-0.15, -0.1) is 0 Å². The molecule has 162 valence electrons. The summed E-state index contributed by atoms with van der Waals surface area (Å²) in [5.41, 5.74) is 3.09. The first-order chi connectivity index (χ1) is 15.7. The molecule has 0 aliphatic heterocycles. The standard InChI is InChI=1S/C26H24N2O4/c1-31-24-10-9-20(19-5-3-4-6-21(19)24)23(16-29)28-26(30)22-8-7-18(15-25(22)32-2)17-11-13-27-14-12-17/h3-15,23,29H,16H2,1-2H3,(H,28,30). The Morgan fingerprint density at radius 1 is 0.906 bits per heavy atom. The number of aliphatic hydroxyl groups excluding tert-OH is 1. The van der Waals surface area contributed by atoms with Gasteiger partial charge in [-0.1, -0.05) is 36.4 Å². The van der Waals surface area contributed by atoms with Gasteiger partial charge in [-0.3, -0.25) is 9.78 Å². The van der Waals surface area contributed by atoms with Crippen LogP contribution in [0.25, 0.3) is 21.9 Å². The van der Waals surface area contributed by atoms with E-state index in [0.717, 1.165) is 33.2 Å². The number of nitrogens with zero attached hydrogens (tertiary/aromatic N) is 1. The smallest absolute Gasteiger partial charge is 0.255 e. The molecule has 1 unspecified atom stereocenters. The lowest BCUT2D eigenvalue weighted by Gasteiger charge is -2.20. The van der Waals surface area contributed by atoms with E-state index in [0.29, 0.717) is 11.3 Å². The van der Waals surface area contributed by atoms with Gasteiger partial charge in [-0.2, -0.15) is 0 Å². The third-order valence-corrected chi connectivity index (χ3v) is 5.46. The first-order valence-corrected chi connectivity index (χ1v) is 10.2. The number of carbonyl (C=O) groups excluding carboxylic acids is 1. The van der Waals surface area contributed by atoms with Crippen LogP contribution < -0.4 is 14.8 Å². The number of hydrogen-bond acceptors (Lipinski definition) is 5. The van der Waals surface area contributed by atoms with Gasteiger partial charge in [0.25, 0.3) is 5.91 Å². The van der Waals surface area contributed by atoms with Crippen LogP contribution in [0.5, 0.6) is 11.5 Å². The molecule has 0 aliphatic carbocycles. The Balaban J connectivity index is 1.65. The van der Waals surface area contributed by atoms with Crippen molar-refractivity contribution in [2.24, 2.45) is 0 Å². The molecule has 0 saturated carbocycles. The van der Waals surface area contributed by atoms with Crippen LogP contribution in [0, 0.1) is 0 Å². The second-order valence-corrected chi connectivity index (χ2v) is 7.26. The van der Waals surface area contributed by atoms with E-state index in [1.54, 1.807) is 25.6 Å². The number of rotatable bonds is 7.